The summed E-state index contributed by atoms with van der Waals surface area (Å²) in [7, 11) is 0. The number of hydrogen-bond donors (Lipinski definition) is 1. The van der Waals surface area contributed by atoms with Gasteiger partial charge in [0.1, 0.15) is 0 Å². The van der Waals surface area contributed by atoms with Crippen molar-refractivity contribution in [3.8, 4) is 6.07 Å². The number of benzene rings is 2. The molecule has 4 rings (SSSR count). The number of aromatic nitrogens is 2. The summed E-state index contributed by atoms with van der Waals surface area (Å²) in [4.78, 5) is 16.0. The molecule has 3 aromatic rings. The Morgan fingerprint density at radius 3 is 2.06 bits per heavy atom. The Balaban J connectivity index is 1.51. The van der Waals surface area contributed by atoms with Gasteiger partial charge in [0, 0.05) is 44.0 Å². The summed E-state index contributed by atoms with van der Waals surface area (Å²) >= 11 is 11.9. The van der Waals surface area contributed by atoms with Crippen molar-refractivity contribution in [2.45, 2.75) is 6.18 Å². The number of amides is 2. The number of halogens is 5. The van der Waals surface area contributed by atoms with E-state index in [4.69, 9.17) is 23.2 Å². The van der Waals surface area contributed by atoms with E-state index in [2.05, 4.69) is 5.32 Å². The first-order valence-electron chi connectivity index (χ1n) is 10.1. The van der Waals surface area contributed by atoms with Crippen LogP contribution in [0.5, 0.6) is 0 Å². The molecule has 0 saturated carbocycles. The van der Waals surface area contributed by atoms with Gasteiger partial charge in [-0.25, -0.2) is 9.52 Å². The Labute approximate surface area is 206 Å². The molecule has 1 aromatic heterocycles. The van der Waals surface area contributed by atoms with Crippen LogP contribution in [0.3, 0.4) is 0 Å². The topological polar surface area (TPSA) is 113 Å². The molecule has 182 valence electrons. The van der Waals surface area contributed by atoms with E-state index in [1.54, 1.807) is 6.07 Å². The van der Waals surface area contributed by atoms with Gasteiger partial charge in [-0.3, -0.25) is 0 Å². The average molecular weight is 527 g/mol. The number of carbonyl (C=O) groups is 1. The van der Waals surface area contributed by atoms with Crippen LogP contribution in [0.15, 0.2) is 36.4 Å². The average Bonchev–Trinajstić information content (AvgIpc) is 2.83. The van der Waals surface area contributed by atoms with Crippen molar-refractivity contribution < 1.29 is 27.4 Å². The van der Waals surface area contributed by atoms with Crippen LogP contribution < -0.4 is 19.7 Å². The summed E-state index contributed by atoms with van der Waals surface area (Å²) in [6.07, 6.45) is -4.43. The number of fused-ring (bicyclic) bond motifs is 1. The SMILES string of the molecule is N#Cc1c(NC(=O)N2CCN(c3ccc(C(F)(F)F)cc3)CC2)[n+]([O-])c2cc(Cl)c(Cl)cc2[n+]1[O-]. The summed E-state index contributed by atoms with van der Waals surface area (Å²) in [6, 6.07) is 7.88. The van der Waals surface area contributed by atoms with Crippen molar-refractivity contribution in [3.05, 3.63) is 68.1 Å². The minimum absolute atomic E-state index is 0.00476. The van der Waals surface area contributed by atoms with Crippen molar-refractivity contribution in [2.24, 2.45) is 0 Å². The van der Waals surface area contributed by atoms with Gasteiger partial charge in [0.25, 0.3) is 5.52 Å². The Hall–Kier alpha value is -3.69. The number of urea groups is 1. The molecule has 0 radical (unpaired) electrons. The molecule has 0 atom stereocenters. The first-order chi connectivity index (χ1) is 16.5. The molecule has 1 fully saturated rings. The van der Waals surface area contributed by atoms with Crippen LogP contribution in [0.25, 0.3) is 11.0 Å². The number of rotatable bonds is 2. The van der Waals surface area contributed by atoms with E-state index in [-0.39, 0.29) is 43.6 Å². The third-order valence-electron chi connectivity index (χ3n) is 5.54. The van der Waals surface area contributed by atoms with Crippen LogP contribution in [0.1, 0.15) is 11.3 Å². The van der Waals surface area contributed by atoms with Crippen LogP contribution in [0, 0.1) is 21.7 Å². The summed E-state index contributed by atoms with van der Waals surface area (Å²) in [5.41, 5.74) is -1.22. The maximum absolute atomic E-state index is 12.9. The molecule has 1 saturated heterocycles. The van der Waals surface area contributed by atoms with E-state index < -0.39 is 29.3 Å². The largest absolute Gasteiger partial charge is 0.710 e. The predicted molar refractivity (Wildman–Crippen MR) is 121 cm³/mol. The fraction of sp³-hybridized carbons (Fsp3) is 0.238. The molecule has 0 bridgehead atoms. The molecule has 1 aliphatic rings. The first kappa shape index (κ1) is 24.4. The van der Waals surface area contributed by atoms with Crippen molar-refractivity contribution in [2.75, 3.05) is 36.4 Å². The number of nitrogens with zero attached hydrogens (tertiary/aromatic N) is 5. The lowest BCUT2D eigenvalue weighted by atomic mass is 10.1. The number of carbonyl (C=O) groups excluding carboxylic acids is 1. The van der Waals surface area contributed by atoms with Gasteiger partial charge in [-0.15, -0.1) is 4.73 Å². The summed E-state index contributed by atoms with van der Waals surface area (Å²) in [6.45, 7) is 0.989. The summed E-state index contributed by atoms with van der Waals surface area (Å²) < 4.78 is 38.7. The number of alkyl halides is 3. The van der Waals surface area contributed by atoms with Gasteiger partial charge >= 0.3 is 23.7 Å². The molecule has 0 unspecified atom stereocenters. The number of nitriles is 1. The monoisotopic (exact) mass is 526 g/mol. The van der Waals surface area contributed by atoms with Gasteiger partial charge in [-0.1, -0.05) is 23.2 Å². The minimum Gasteiger partial charge on any atom is -0.710 e. The summed E-state index contributed by atoms with van der Waals surface area (Å²) in [5, 5.41) is 37.3. The number of anilines is 2. The van der Waals surface area contributed by atoms with Crippen LogP contribution in [-0.4, -0.2) is 37.1 Å². The third kappa shape index (κ3) is 4.65. The standard InChI is InChI=1S/C21H15Cl2F3N6O3/c22-14-9-16-17(10-15(14)23)32(35)19(18(11-27)31(16)34)28-20(33)30-7-5-29(6-8-30)13-3-1-12(2-4-13)21(24,25)26/h1-4,9-10H,5-8H2,(H,28,33). The molecule has 14 heteroatoms. The van der Waals surface area contributed by atoms with E-state index >= 15 is 0 Å². The first-order valence-corrected chi connectivity index (χ1v) is 10.8. The molecular formula is C21H15Cl2F3N6O3. The number of nitrogens with one attached hydrogen (secondary N) is 1. The number of piperazine rings is 1. The minimum atomic E-state index is -4.43. The molecular weight excluding hydrogens is 512 g/mol. The zero-order valence-electron chi connectivity index (χ0n) is 17.6. The Bertz CT molecular complexity index is 1350. The molecule has 2 aromatic carbocycles. The van der Waals surface area contributed by atoms with Gasteiger partial charge in [-0.05, 0) is 24.3 Å². The maximum Gasteiger partial charge on any atom is 0.416 e. The fourth-order valence-electron chi connectivity index (χ4n) is 3.70. The zero-order valence-corrected chi connectivity index (χ0v) is 19.2. The second-order valence-corrected chi connectivity index (χ2v) is 8.42. The van der Waals surface area contributed by atoms with E-state index in [0.717, 1.165) is 24.3 Å². The second kappa shape index (κ2) is 9.16. The molecule has 0 aliphatic carbocycles. The molecule has 2 heterocycles. The highest BCUT2D eigenvalue weighted by Crippen LogP contribution is 2.31. The van der Waals surface area contributed by atoms with Crippen LogP contribution in [0.2, 0.25) is 10.0 Å². The van der Waals surface area contributed by atoms with E-state index in [1.807, 2.05) is 4.90 Å². The lowest BCUT2D eigenvalue weighted by molar-refractivity contribution is -0.620. The van der Waals surface area contributed by atoms with Crippen molar-refractivity contribution >= 4 is 51.8 Å². The predicted octanol–water partition coefficient (Wildman–Crippen LogP) is 3.66. The third-order valence-corrected chi connectivity index (χ3v) is 6.27. The smallest absolute Gasteiger partial charge is 0.416 e. The highest BCUT2D eigenvalue weighted by molar-refractivity contribution is 6.42. The fourth-order valence-corrected chi connectivity index (χ4v) is 4.02. The van der Waals surface area contributed by atoms with Gasteiger partial charge in [0.15, 0.2) is 6.07 Å². The quantitative estimate of drug-likeness (QED) is 0.404. The van der Waals surface area contributed by atoms with E-state index in [0.29, 0.717) is 18.8 Å². The molecule has 1 aliphatic heterocycles. The van der Waals surface area contributed by atoms with Crippen LogP contribution in [-0.2, 0) is 6.18 Å². The zero-order chi connectivity index (χ0) is 25.5. The van der Waals surface area contributed by atoms with Crippen LogP contribution in [0.4, 0.5) is 29.5 Å². The molecule has 35 heavy (non-hydrogen) atoms. The maximum atomic E-state index is 12.9. The molecule has 9 nitrogen and oxygen atoms in total. The molecule has 2 amide bonds. The highest BCUT2D eigenvalue weighted by Gasteiger charge is 2.33. The van der Waals surface area contributed by atoms with Crippen molar-refractivity contribution in [1.29, 1.82) is 5.26 Å². The molecule has 0 spiro atoms. The van der Waals surface area contributed by atoms with Crippen molar-refractivity contribution in [1.82, 2.24) is 4.90 Å². The van der Waals surface area contributed by atoms with Crippen LogP contribution >= 0.6 is 23.2 Å². The highest BCUT2D eigenvalue weighted by atomic mass is 35.5. The normalized spacial score (nSPS) is 14.2. The Morgan fingerprint density at radius 2 is 1.54 bits per heavy atom. The van der Waals surface area contributed by atoms with Gasteiger partial charge < -0.3 is 20.2 Å². The Kier molecular flexibility index (Phi) is 6.40. The van der Waals surface area contributed by atoms with E-state index in [9.17, 15) is 33.6 Å². The van der Waals surface area contributed by atoms with Gasteiger partial charge in [0.05, 0.1) is 15.6 Å². The Morgan fingerprint density at radius 1 is 1.00 bits per heavy atom. The molecule has 1 N–H and O–H groups in total. The number of hydrogen-bond acceptors (Lipinski definition) is 5. The summed E-state index contributed by atoms with van der Waals surface area (Å²) in [5.74, 6) is -0.566. The lowest BCUT2D eigenvalue weighted by Gasteiger charge is -2.35. The van der Waals surface area contributed by atoms with Gasteiger partial charge in [-0.2, -0.15) is 23.7 Å². The van der Waals surface area contributed by atoms with E-state index in [1.165, 1.54) is 17.0 Å². The second-order valence-electron chi connectivity index (χ2n) is 7.60. The lowest BCUT2D eigenvalue weighted by Crippen LogP contribution is -2.52. The van der Waals surface area contributed by atoms with Gasteiger partial charge in [0.2, 0.25) is 5.52 Å². The van der Waals surface area contributed by atoms with Crippen molar-refractivity contribution in [3.63, 3.8) is 0 Å².